The summed E-state index contributed by atoms with van der Waals surface area (Å²) in [5.74, 6) is 0.324. The summed E-state index contributed by atoms with van der Waals surface area (Å²) >= 11 is 11.6. The molecule has 0 saturated carbocycles. The molecule has 1 rings (SSSR count). The second-order valence-corrected chi connectivity index (χ2v) is 4.00. The van der Waals surface area contributed by atoms with Crippen LogP contribution in [0.2, 0.25) is 10.4 Å². The third kappa shape index (κ3) is 2.61. The van der Waals surface area contributed by atoms with Gasteiger partial charge in [-0.15, -0.1) is 0 Å². The van der Waals surface area contributed by atoms with E-state index in [0.29, 0.717) is 16.5 Å². The molecule has 15 heavy (non-hydrogen) atoms. The van der Waals surface area contributed by atoms with Gasteiger partial charge in [0.2, 0.25) is 5.28 Å². The minimum absolute atomic E-state index is 0.0724. The summed E-state index contributed by atoms with van der Waals surface area (Å²) in [5.41, 5.74) is 8.66. The van der Waals surface area contributed by atoms with Crippen molar-refractivity contribution in [1.29, 1.82) is 0 Å². The van der Waals surface area contributed by atoms with E-state index < -0.39 is 0 Å². The van der Waals surface area contributed by atoms with Gasteiger partial charge in [-0.05, 0) is 37.4 Å². The highest BCUT2D eigenvalue weighted by atomic mass is 35.5. The minimum Gasteiger partial charge on any atom is -0.383 e. The van der Waals surface area contributed by atoms with Crippen molar-refractivity contribution in [3.63, 3.8) is 0 Å². The van der Waals surface area contributed by atoms with Gasteiger partial charge in [0.25, 0.3) is 0 Å². The number of nitrogens with two attached hydrogens (primary N) is 1. The van der Waals surface area contributed by atoms with Crippen LogP contribution in [0.15, 0.2) is 5.57 Å². The smallest absolute Gasteiger partial charge is 0.225 e. The molecule has 5 heteroatoms. The van der Waals surface area contributed by atoms with Crippen LogP contribution in [-0.4, -0.2) is 9.97 Å². The van der Waals surface area contributed by atoms with Gasteiger partial charge < -0.3 is 5.73 Å². The molecular formula is C10H13Cl2N3. The summed E-state index contributed by atoms with van der Waals surface area (Å²) in [6, 6.07) is 0. The van der Waals surface area contributed by atoms with Crippen LogP contribution in [0.3, 0.4) is 0 Å². The fraction of sp³-hybridized carbons (Fsp3) is 0.400. The normalized spacial score (nSPS) is 12.6. The van der Waals surface area contributed by atoms with Crippen molar-refractivity contribution in [3.05, 3.63) is 21.6 Å². The molecule has 3 nitrogen and oxygen atoms in total. The van der Waals surface area contributed by atoms with Gasteiger partial charge >= 0.3 is 0 Å². The maximum absolute atomic E-state index is 5.98. The highest BCUT2D eigenvalue weighted by molar-refractivity contribution is 6.33. The maximum Gasteiger partial charge on any atom is 0.225 e. The van der Waals surface area contributed by atoms with Crippen molar-refractivity contribution in [2.75, 3.05) is 5.73 Å². The highest BCUT2D eigenvalue weighted by Crippen LogP contribution is 2.30. The Morgan fingerprint density at radius 1 is 1.27 bits per heavy atom. The quantitative estimate of drug-likeness (QED) is 0.641. The second kappa shape index (κ2) is 4.81. The molecule has 0 atom stereocenters. The van der Waals surface area contributed by atoms with Gasteiger partial charge in [0.1, 0.15) is 11.0 Å². The lowest BCUT2D eigenvalue weighted by Gasteiger charge is -2.10. The van der Waals surface area contributed by atoms with Crippen LogP contribution in [0.4, 0.5) is 5.82 Å². The van der Waals surface area contributed by atoms with Crippen LogP contribution >= 0.6 is 23.2 Å². The summed E-state index contributed by atoms with van der Waals surface area (Å²) in [5, 5.41) is 0.376. The first-order valence-corrected chi connectivity index (χ1v) is 5.38. The van der Waals surface area contributed by atoms with Gasteiger partial charge in [-0.25, -0.2) is 9.97 Å². The van der Waals surface area contributed by atoms with Crippen LogP contribution < -0.4 is 5.73 Å². The number of hydrogen-bond donors (Lipinski definition) is 1. The molecule has 1 aromatic rings. The van der Waals surface area contributed by atoms with Gasteiger partial charge in [0, 0.05) is 0 Å². The summed E-state index contributed by atoms with van der Waals surface area (Å²) < 4.78 is 0. The third-order valence-electron chi connectivity index (χ3n) is 2.41. The summed E-state index contributed by atoms with van der Waals surface area (Å²) in [6.45, 7) is 6.05. The first-order chi connectivity index (χ1) is 6.97. The van der Waals surface area contributed by atoms with Crippen LogP contribution in [0.5, 0.6) is 0 Å². The summed E-state index contributed by atoms with van der Waals surface area (Å²) in [6.07, 6.45) is 0.935. The van der Waals surface area contributed by atoms with E-state index in [1.54, 1.807) is 0 Å². The monoisotopic (exact) mass is 245 g/mol. The van der Waals surface area contributed by atoms with E-state index >= 15 is 0 Å². The third-order valence-corrected chi connectivity index (χ3v) is 2.85. The van der Waals surface area contributed by atoms with Gasteiger partial charge in [-0.1, -0.05) is 24.1 Å². The average molecular weight is 246 g/mol. The fourth-order valence-electron chi connectivity index (χ4n) is 1.25. The zero-order valence-corrected chi connectivity index (χ0v) is 10.4. The minimum atomic E-state index is 0.0724. The summed E-state index contributed by atoms with van der Waals surface area (Å²) in [7, 11) is 0. The zero-order valence-electron chi connectivity index (χ0n) is 8.93. The number of aromatic nitrogens is 2. The molecule has 0 unspecified atom stereocenters. The Labute approximate surface area is 99.3 Å². The molecule has 0 bridgehead atoms. The Hall–Kier alpha value is -0.800. The molecule has 0 aliphatic heterocycles. The molecule has 0 saturated heterocycles. The lowest BCUT2D eigenvalue weighted by Crippen LogP contribution is -2.01. The molecule has 0 aliphatic rings. The van der Waals surface area contributed by atoms with Crippen LogP contribution in [0.25, 0.3) is 5.57 Å². The van der Waals surface area contributed by atoms with E-state index in [-0.39, 0.29) is 5.28 Å². The highest BCUT2D eigenvalue weighted by Gasteiger charge is 2.12. The molecule has 0 fully saturated rings. The Morgan fingerprint density at radius 3 is 2.33 bits per heavy atom. The number of hydrogen-bond acceptors (Lipinski definition) is 3. The number of nitrogen functional groups attached to an aromatic ring is 1. The predicted octanol–water partition coefficient (Wildman–Crippen LogP) is 3.57. The van der Waals surface area contributed by atoms with E-state index in [0.717, 1.165) is 12.0 Å². The predicted molar refractivity (Wildman–Crippen MR) is 65.0 cm³/mol. The molecule has 0 radical (unpaired) electrons. The van der Waals surface area contributed by atoms with Gasteiger partial charge in [-0.3, -0.25) is 0 Å². The molecule has 2 N–H and O–H groups in total. The first kappa shape index (κ1) is 12.3. The van der Waals surface area contributed by atoms with Crippen molar-refractivity contribution in [2.24, 2.45) is 0 Å². The fourth-order valence-corrected chi connectivity index (χ4v) is 1.79. The van der Waals surface area contributed by atoms with Crippen LogP contribution in [0, 0.1) is 0 Å². The number of halogens is 2. The van der Waals surface area contributed by atoms with E-state index in [1.165, 1.54) is 5.57 Å². The molecular weight excluding hydrogens is 233 g/mol. The lowest BCUT2D eigenvalue weighted by atomic mass is 10.0. The Balaban J connectivity index is 3.38. The van der Waals surface area contributed by atoms with E-state index in [4.69, 9.17) is 28.9 Å². The Morgan fingerprint density at radius 2 is 1.87 bits per heavy atom. The number of nitrogens with zero attached hydrogens (tertiary/aromatic N) is 2. The number of rotatable bonds is 2. The topological polar surface area (TPSA) is 51.8 Å². The van der Waals surface area contributed by atoms with Crippen molar-refractivity contribution in [2.45, 2.75) is 27.2 Å². The number of anilines is 1. The lowest BCUT2D eigenvalue weighted by molar-refractivity contribution is 1.09. The van der Waals surface area contributed by atoms with Crippen LogP contribution in [-0.2, 0) is 0 Å². The molecule has 0 aliphatic carbocycles. The van der Waals surface area contributed by atoms with E-state index in [2.05, 4.69) is 16.9 Å². The van der Waals surface area contributed by atoms with E-state index in [1.807, 2.05) is 13.8 Å². The zero-order chi connectivity index (χ0) is 11.6. The van der Waals surface area contributed by atoms with Crippen molar-refractivity contribution >= 4 is 34.6 Å². The number of allylic oxidation sites excluding steroid dienone is 2. The Kier molecular flexibility index (Phi) is 3.94. The standard InChI is InChI=1S/C10H13Cl2N3/c1-4-5(2)6(3)7-8(11)14-10(12)15-9(7)13/h4H2,1-3H3,(H2,13,14,15). The second-order valence-electron chi connectivity index (χ2n) is 3.30. The molecule has 0 aromatic carbocycles. The van der Waals surface area contributed by atoms with Gasteiger partial charge in [0.05, 0.1) is 5.56 Å². The summed E-state index contributed by atoms with van der Waals surface area (Å²) in [4.78, 5) is 7.76. The molecule has 0 spiro atoms. The SMILES string of the molecule is CCC(C)=C(C)c1c(N)nc(Cl)nc1Cl. The van der Waals surface area contributed by atoms with E-state index in [9.17, 15) is 0 Å². The molecule has 1 heterocycles. The largest absolute Gasteiger partial charge is 0.383 e. The molecule has 0 amide bonds. The molecule has 82 valence electrons. The van der Waals surface area contributed by atoms with Crippen molar-refractivity contribution < 1.29 is 0 Å². The van der Waals surface area contributed by atoms with Gasteiger partial charge in [0.15, 0.2) is 0 Å². The first-order valence-electron chi connectivity index (χ1n) is 4.62. The molecule has 1 aromatic heterocycles. The van der Waals surface area contributed by atoms with Crippen LogP contribution in [0.1, 0.15) is 32.8 Å². The van der Waals surface area contributed by atoms with Crippen molar-refractivity contribution in [3.8, 4) is 0 Å². The maximum atomic E-state index is 5.98. The van der Waals surface area contributed by atoms with Gasteiger partial charge in [-0.2, -0.15) is 0 Å². The Bertz CT molecular complexity index is 390. The average Bonchev–Trinajstić information content (AvgIpc) is 2.14. The van der Waals surface area contributed by atoms with Crippen molar-refractivity contribution in [1.82, 2.24) is 9.97 Å².